The Hall–Kier alpha value is 0.420. The number of halogens is 4. The van der Waals surface area contributed by atoms with Crippen molar-refractivity contribution in [2.75, 3.05) is 0 Å². The molecule has 1 aromatic carbocycles. The summed E-state index contributed by atoms with van der Waals surface area (Å²) in [6.07, 6.45) is 0. The molecule has 0 unspecified atom stereocenters. The molecule has 90 valence electrons. The molecule has 0 fully saturated rings. The zero-order valence-corrected chi connectivity index (χ0v) is 12.5. The highest BCUT2D eigenvalue weighted by molar-refractivity contribution is 8.23. The largest absolute Gasteiger partial charge is 0.429 e. The molecule has 0 bridgehead atoms. The second kappa shape index (κ2) is 4.22. The maximum Gasteiger partial charge on any atom is 0.362 e. The Labute approximate surface area is 126 Å². The summed E-state index contributed by atoms with van der Waals surface area (Å²) in [4.78, 5) is 0. The van der Waals surface area contributed by atoms with Crippen LogP contribution in [0.15, 0.2) is 10.8 Å². The van der Waals surface area contributed by atoms with Gasteiger partial charge in [-0.2, -0.15) is 0 Å². The van der Waals surface area contributed by atoms with Crippen LogP contribution >= 0.6 is 69.9 Å². The van der Waals surface area contributed by atoms with E-state index in [1.54, 1.807) is 0 Å². The fourth-order valence-corrected chi connectivity index (χ4v) is 4.15. The highest BCUT2D eigenvalue weighted by Crippen LogP contribution is 2.61. The van der Waals surface area contributed by atoms with Crippen LogP contribution in [-0.4, -0.2) is 4.45 Å². The highest BCUT2D eigenvalue weighted by atomic mass is 35.5. The van der Waals surface area contributed by atoms with Crippen LogP contribution in [0.4, 0.5) is 0 Å². The van der Waals surface area contributed by atoms with Crippen molar-refractivity contribution in [3.8, 4) is 11.5 Å². The first kappa shape index (κ1) is 12.5. The molecule has 2 aliphatic heterocycles. The lowest BCUT2D eigenvalue weighted by Gasteiger charge is -2.18. The second-order valence-corrected chi connectivity index (χ2v) is 6.99. The summed E-state index contributed by atoms with van der Waals surface area (Å²) in [6, 6.07) is 0. The Bertz CT molecular complexity index is 500. The van der Waals surface area contributed by atoms with Crippen LogP contribution in [0.5, 0.6) is 11.5 Å². The quantitative estimate of drug-likeness (QED) is 0.446. The van der Waals surface area contributed by atoms with Gasteiger partial charge in [0.15, 0.2) is 11.5 Å². The Balaban J connectivity index is 2.14. The minimum atomic E-state index is -0.899. The van der Waals surface area contributed by atoms with Crippen molar-refractivity contribution in [1.29, 1.82) is 0 Å². The highest BCUT2D eigenvalue weighted by Gasteiger charge is 2.47. The summed E-state index contributed by atoms with van der Waals surface area (Å²) >= 11 is 26.8. The van der Waals surface area contributed by atoms with Gasteiger partial charge in [0, 0.05) is 0 Å². The zero-order chi connectivity index (χ0) is 12.2. The van der Waals surface area contributed by atoms with Crippen LogP contribution in [0, 0.1) is 0 Å². The SMILES string of the molecule is Clc1c(Cl)c(Cl)c2c(c1Cl)OC1(O2)SC=CS1. The molecule has 1 spiro atoms. The van der Waals surface area contributed by atoms with E-state index >= 15 is 0 Å². The first-order valence-electron chi connectivity index (χ1n) is 4.29. The molecule has 8 heteroatoms. The normalized spacial score (nSPS) is 19.3. The van der Waals surface area contributed by atoms with E-state index in [4.69, 9.17) is 55.9 Å². The fraction of sp³-hybridized carbons (Fsp3) is 0.111. The molecule has 0 saturated carbocycles. The molecule has 2 nitrogen and oxygen atoms in total. The van der Waals surface area contributed by atoms with Crippen molar-refractivity contribution in [3.05, 3.63) is 30.9 Å². The van der Waals surface area contributed by atoms with E-state index in [1.165, 1.54) is 23.5 Å². The molecule has 0 saturated heterocycles. The third-order valence-electron chi connectivity index (χ3n) is 2.12. The van der Waals surface area contributed by atoms with Gasteiger partial charge in [0.25, 0.3) is 0 Å². The van der Waals surface area contributed by atoms with Crippen molar-refractivity contribution in [2.45, 2.75) is 4.45 Å². The van der Waals surface area contributed by atoms with Crippen molar-refractivity contribution >= 4 is 69.9 Å². The van der Waals surface area contributed by atoms with Gasteiger partial charge in [-0.15, -0.1) is 0 Å². The standard InChI is InChI=1S/C9H2Cl4O2S2/c10-3-4(11)6(13)8-7(5(3)12)14-9(15-8)16-1-2-17-9/h1-2H. The minimum absolute atomic E-state index is 0.165. The molecule has 0 radical (unpaired) electrons. The Morgan fingerprint density at radius 2 is 1.18 bits per heavy atom. The van der Waals surface area contributed by atoms with Gasteiger partial charge in [0.2, 0.25) is 0 Å². The number of hydrogen-bond donors (Lipinski definition) is 0. The summed E-state index contributed by atoms with van der Waals surface area (Å²) in [6.45, 7) is 0. The number of rotatable bonds is 0. The van der Waals surface area contributed by atoms with E-state index in [0.717, 1.165) is 0 Å². The molecule has 2 heterocycles. The van der Waals surface area contributed by atoms with Gasteiger partial charge in [0.1, 0.15) is 10.0 Å². The summed E-state index contributed by atoms with van der Waals surface area (Å²) < 4.78 is 10.5. The lowest BCUT2D eigenvalue weighted by molar-refractivity contribution is 0.103. The van der Waals surface area contributed by atoms with E-state index < -0.39 is 4.45 Å². The smallest absolute Gasteiger partial charge is 0.362 e. The summed E-state index contributed by atoms with van der Waals surface area (Å²) in [5, 5.41) is 4.47. The van der Waals surface area contributed by atoms with Crippen molar-refractivity contribution < 1.29 is 9.47 Å². The maximum absolute atomic E-state index is 6.06. The first-order chi connectivity index (χ1) is 8.04. The number of hydrogen-bond acceptors (Lipinski definition) is 4. The average Bonchev–Trinajstić information content (AvgIpc) is 2.92. The second-order valence-electron chi connectivity index (χ2n) is 3.13. The topological polar surface area (TPSA) is 18.5 Å². The number of benzene rings is 1. The van der Waals surface area contributed by atoms with Crippen molar-refractivity contribution in [1.82, 2.24) is 0 Å². The van der Waals surface area contributed by atoms with E-state index in [1.807, 2.05) is 10.8 Å². The van der Waals surface area contributed by atoms with Gasteiger partial charge in [0.05, 0.1) is 10.0 Å². The number of fused-ring (bicyclic) bond motifs is 1. The molecular formula is C9H2Cl4O2S2. The first-order valence-corrected chi connectivity index (χ1v) is 7.56. The molecule has 0 aliphatic carbocycles. The van der Waals surface area contributed by atoms with E-state index in [9.17, 15) is 0 Å². The molecule has 0 atom stereocenters. The molecule has 0 N–H and O–H groups in total. The van der Waals surface area contributed by atoms with E-state index in [0.29, 0.717) is 11.5 Å². The Morgan fingerprint density at radius 3 is 1.59 bits per heavy atom. The van der Waals surface area contributed by atoms with Crippen molar-refractivity contribution in [2.24, 2.45) is 0 Å². The van der Waals surface area contributed by atoms with Gasteiger partial charge in [-0.05, 0) is 34.3 Å². The van der Waals surface area contributed by atoms with Crippen LogP contribution in [0.2, 0.25) is 20.1 Å². The molecule has 3 rings (SSSR count). The lowest BCUT2D eigenvalue weighted by atomic mass is 10.3. The Morgan fingerprint density at radius 1 is 0.765 bits per heavy atom. The minimum Gasteiger partial charge on any atom is -0.429 e. The molecular weight excluding hydrogens is 346 g/mol. The van der Waals surface area contributed by atoms with Gasteiger partial charge >= 0.3 is 4.45 Å². The summed E-state index contributed by atoms with van der Waals surface area (Å²) in [5.74, 6) is 0.657. The monoisotopic (exact) mass is 346 g/mol. The molecule has 1 aromatic rings. The van der Waals surface area contributed by atoms with Crippen LogP contribution in [0.25, 0.3) is 0 Å². The fourth-order valence-electron chi connectivity index (χ4n) is 1.39. The summed E-state index contributed by atoms with van der Waals surface area (Å²) in [5.41, 5.74) is 0. The Kier molecular flexibility index (Phi) is 3.09. The maximum atomic E-state index is 6.06. The van der Waals surface area contributed by atoms with Crippen molar-refractivity contribution in [3.63, 3.8) is 0 Å². The van der Waals surface area contributed by atoms with Crippen LogP contribution < -0.4 is 9.47 Å². The van der Waals surface area contributed by atoms with E-state index in [-0.39, 0.29) is 20.1 Å². The molecule has 2 aliphatic rings. The predicted octanol–water partition coefficient (Wildman–Crippen LogP) is 5.63. The van der Waals surface area contributed by atoms with Crippen LogP contribution in [0.1, 0.15) is 0 Å². The number of ether oxygens (including phenoxy) is 2. The van der Waals surface area contributed by atoms with Gasteiger partial charge in [-0.3, -0.25) is 0 Å². The summed E-state index contributed by atoms with van der Waals surface area (Å²) in [7, 11) is 0. The van der Waals surface area contributed by atoms with Gasteiger partial charge < -0.3 is 9.47 Å². The lowest BCUT2D eigenvalue weighted by Crippen LogP contribution is -2.27. The zero-order valence-electron chi connectivity index (χ0n) is 7.80. The van der Waals surface area contributed by atoms with Gasteiger partial charge in [-0.1, -0.05) is 46.4 Å². The molecule has 17 heavy (non-hydrogen) atoms. The predicted molar refractivity (Wildman–Crippen MR) is 74.8 cm³/mol. The van der Waals surface area contributed by atoms with Gasteiger partial charge in [-0.25, -0.2) is 0 Å². The number of thioether (sulfide) groups is 2. The third-order valence-corrected chi connectivity index (χ3v) is 6.09. The molecule has 0 amide bonds. The molecule has 0 aromatic heterocycles. The average molecular weight is 348 g/mol. The van der Waals surface area contributed by atoms with Crippen LogP contribution in [0.3, 0.4) is 0 Å². The van der Waals surface area contributed by atoms with Crippen LogP contribution in [-0.2, 0) is 0 Å². The van der Waals surface area contributed by atoms with E-state index in [2.05, 4.69) is 0 Å². The third kappa shape index (κ3) is 1.81.